The normalized spacial score (nSPS) is 10.9. The minimum atomic E-state index is -0.230. The van der Waals surface area contributed by atoms with Crippen molar-refractivity contribution >= 4 is 28.3 Å². The molecule has 0 unspecified atom stereocenters. The zero-order valence-electron chi connectivity index (χ0n) is 13.4. The molecule has 1 aromatic carbocycles. The molecule has 0 aliphatic carbocycles. The molecule has 2 aromatic heterocycles. The summed E-state index contributed by atoms with van der Waals surface area (Å²) in [6.07, 6.45) is 3.11. The number of carbonyl (C=O) groups is 1. The van der Waals surface area contributed by atoms with Gasteiger partial charge in [0.05, 0.1) is 16.0 Å². The van der Waals surface area contributed by atoms with Crippen LogP contribution in [0.1, 0.15) is 17.1 Å². The lowest BCUT2D eigenvalue weighted by Gasteiger charge is -2.16. The lowest BCUT2D eigenvalue weighted by molar-refractivity contribution is -0.129. The van der Waals surface area contributed by atoms with Crippen LogP contribution < -0.4 is 5.56 Å². The minimum Gasteiger partial charge on any atom is -0.345 e. The Hall–Kier alpha value is -2.54. The van der Waals surface area contributed by atoms with Crippen LogP contribution in [-0.2, 0) is 17.6 Å². The number of amides is 1. The van der Waals surface area contributed by atoms with Gasteiger partial charge in [0.2, 0.25) is 5.91 Å². The molecule has 0 saturated carbocycles. The molecular weight excluding hydrogens is 324 g/mol. The number of aromatic amines is 1. The number of benzene rings is 1. The Bertz CT molecular complexity index is 889. The van der Waals surface area contributed by atoms with Gasteiger partial charge in [-0.2, -0.15) is 0 Å². The van der Waals surface area contributed by atoms with E-state index in [4.69, 9.17) is 0 Å². The number of thiazole rings is 1. The van der Waals surface area contributed by atoms with Gasteiger partial charge < -0.3 is 9.88 Å². The number of nitrogens with zero attached hydrogens (tertiary/aromatic N) is 3. The average molecular weight is 342 g/mol. The second-order valence-corrected chi connectivity index (χ2v) is 6.50. The number of carbonyl (C=O) groups excluding carboxylic acids is 1. The van der Waals surface area contributed by atoms with Gasteiger partial charge in [0.15, 0.2) is 0 Å². The highest BCUT2D eigenvalue weighted by atomic mass is 32.1. The number of H-pyrrole nitrogens is 1. The summed E-state index contributed by atoms with van der Waals surface area (Å²) in [5.74, 6) is 0.000847. The molecule has 2 heterocycles. The maximum Gasteiger partial charge on any atom is 0.270 e. The van der Waals surface area contributed by atoms with E-state index in [-0.39, 0.29) is 17.9 Å². The smallest absolute Gasteiger partial charge is 0.270 e. The van der Waals surface area contributed by atoms with Crippen molar-refractivity contribution in [1.82, 2.24) is 19.9 Å². The van der Waals surface area contributed by atoms with E-state index < -0.39 is 0 Å². The summed E-state index contributed by atoms with van der Waals surface area (Å²) in [7, 11) is 1.77. The molecule has 0 bridgehead atoms. The Morgan fingerprint density at radius 2 is 2.12 bits per heavy atom. The summed E-state index contributed by atoms with van der Waals surface area (Å²) >= 11 is 1.59. The number of aromatic nitrogens is 3. The molecular formula is C17H18N4O2S. The fourth-order valence-corrected chi connectivity index (χ4v) is 3.03. The molecule has 124 valence electrons. The molecule has 3 rings (SSSR count). The Kier molecular flexibility index (Phi) is 5.00. The van der Waals surface area contributed by atoms with E-state index in [0.717, 1.165) is 16.9 Å². The van der Waals surface area contributed by atoms with Crippen LogP contribution in [0.3, 0.4) is 0 Å². The zero-order chi connectivity index (χ0) is 16.9. The number of nitrogens with one attached hydrogen (secondary N) is 1. The van der Waals surface area contributed by atoms with E-state index in [1.54, 1.807) is 29.5 Å². The van der Waals surface area contributed by atoms with Gasteiger partial charge in [-0.3, -0.25) is 9.59 Å². The summed E-state index contributed by atoms with van der Waals surface area (Å²) in [6, 6.07) is 7.37. The third-order valence-electron chi connectivity index (χ3n) is 3.82. The first kappa shape index (κ1) is 16.3. The van der Waals surface area contributed by atoms with E-state index in [9.17, 15) is 9.59 Å². The highest BCUT2D eigenvalue weighted by Gasteiger charge is 2.12. The Labute approximate surface area is 143 Å². The standard InChI is InChI=1S/C17H18N4O2S/c1-21(10-8-15-18-9-11-24-15)16(22)7-6-14-17(23)20-13-5-3-2-4-12(13)19-14/h2-5,9,11H,6-8,10H2,1H3,(H,20,23). The molecule has 6 nitrogen and oxygen atoms in total. The lowest BCUT2D eigenvalue weighted by Crippen LogP contribution is -2.29. The van der Waals surface area contributed by atoms with Crippen LogP contribution in [0, 0.1) is 0 Å². The van der Waals surface area contributed by atoms with Crippen LogP contribution in [0.2, 0.25) is 0 Å². The predicted octanol–water partition coefficient (Wildman–Crippen LogP) is 2.01. The molecule has 24 heavy (non-hydrogen) atoms. The zero-order valence-corrected chi connectivity index (χ0v) is 14.2. The number of aryl methyl sites for hydroxylation is 1. The predicted molar refractivity (Wildman–Crippen MR) is 94.1 cm³/mol. The van der Waals surface area contributed by atoms with Crippen LogP contribution in [0.5, 0.6) is 0 Å². The monoisotopic (exact) mass is 342 g/mol. The molecule has 0 saturated heterocycles. The van der Waals surface area contributed by atoms with Crippen molar-refractivity contribution in [1.29, 1.82) is 0 Å². The molecule has 0 aliphatic rings. The van der Waals surface area contributed by atoms with Crippen molar-refractivity contribution < 1.29 is 4.79 Å². The van der Waals surface area contributed by atoms with Crippen molar-refractivity contribution in [2.24, 2.45) is 0 Å². The van der Waals surface area contributed by atoms with Gasteiger partial charge >= 0.3 is 0 Å². The first-order chi connectivity index (χ1) is 11.6. The van der Waals surface area contributed by atoms with Crippen LogP contribution in [0.15, 0.2) is 40.6 Å². The van der Waals surface area contributed by atoms with Crippen LogP contribution in [0.4, 0.5) is 0 Å². The molecule has 0 aliphatic heterocycles. The van der Waals surface area contributed by atoms with Crippen molar-refractivity contribution in [2.45, 2.75) is 19.3 Å². The fraction of sp³-hybridized carbons (Fsp3) is 0.294. The molecule has 0 fully saturated rings. The summed E-state index contributed by atoms with van der Waals surface area (Å²) in [6.45, 7) is 0.619. The molecule has 0 spiro atoms. The summed E-state index contributed by atoms with van der Waals surface area (Å²) in [4.78, 5) is 37.3. The van der Waals surface area contributed by atoms with Gasteiger partial charge in [-0.25, -0.2) is 9.97 Å². The SMILES string of the molecule is CN(CCc1nccs1)C(=O)CCc1nc2ccccc2[nH]c1=O. The van der Waals surface area contributed by atoms with Gasteiger partial charge in [-0.15, -0.1) is 11.3 Å². The van der Waals surface area contributed by atoms with E-state index in [0.29, 0.717) is 24.2 Å². The molecule has 7 heteroatoms. The van der Waals surface area contributed by atoms with Crippen molar-refractivity contribution in [2.75, 3.05) is 13.6 Å². The Morgan fingerprint density at radius 3 is 2.92 bits per heavy atom. The minimum absolute atomic E-state index is 0.000847. The first-order valence-electron chi connectivity index (χ1n) is 7.74. The summed E-state index contributed by atoms with van der Waals surface area (Å²) in [5.41, 5.74) is 1.61. The van der Waals surface area contributed by atoms with Crippen LogP contribution in [0.25, 0.3) is 11.0 Å². The van der Waals surface area contributed by atoms with Gasteiger partial charge in [0, 0.05) is 44.4 Å². The molecule has 3 aromatic rings. The lowest BCUT2D eigenvalue weighted by atomic mass is 10.2. The molecule has 1 N–H and O–H groups in total. The molecule has 0 atom stereocenters. The molecule has 1 amide bonds. The van der Waals surface area contributed by atoms with Crippen molar-refractivity contribution in [3.05, 3.63) is 56.9 Å². The highest BCUT2D eigenvalue weighted by molar-refractivity contribution is 7.09. The maximum atomic E-state index is 12.2. The first-order valence-corrected chi connectivity index (χ1v) is 8.62. The van der Waals surface area contributed by atoms with E-state index in [1.807, 2.05) is 29.6 Å². The highest BCUT2D eigenvalue weighted by Crippen LogP contribution is 2.08. The number of rotatable bonds is 6. The average Bonchev–Trinajstić information content (AvgIpc) is 3.11. The summed E-state index contributed by atoms with van der Waals surface area (Å²) in [5, 5.41) is 2.94. The number of likely N-dealkylation sites (N-methyl/N-ethyl adjacent to an activating group) is 1. The largest absolute Gasteiger partial charge is 0.345 e. The topological polar surface area (TPSA) is 79.0 Å². The number of hydrogen-bond acceptors (Lipinski definition) is 5. The third kappa shape index (κ3) is 3.86. The summed E-state index contributed by atoms with van der Waals surface area (Å²) < 4.78 is 0. The van der Waals surface area contributed by atoms with Crippen LogP contribution in [-0.4, -0.2) is 39.4 Å². The van der Waals surface area contributed by atoms with Crippen LogP contribution >= 0.6 is 11.3 Å². The second-order valence-electron chi connectivity index (χ2n) is 5.52. The van der Waals surface area contributed by atoms with E-state index >= 15 is 0 Å². The van der Waals surface area contributed by atoms with E-state index in [1.165, 1.54) is 0 Å². The van der Waals surface area contributed by atoms with E-state index in [2.05, 4.69) is 15.0 Å². The van der Waals surface area contributed by atoms with Crippen molar-refractivity contribution in [3.63, 3.8) is 0 Å². The number of fused-ring (bicyclic) bond motifs is 1. The Morgan fingerprint density at radius 1 is 1.29 bits per heavy atom. The Balaban J connectivity index is 1.59. The van der Waals surface area contributed by atoms with Crippen molar-refractivity contribution in [3.8, 4) is 0 Å². The van der Waals surface area contributed by atoms with Gasteiger partial charge in [0.25, 0.3) is 5.56 Å². The maximum absolute atomic E-state index is 12.2. The van der Waals surface area contributed by atoms with Gasteiger partial charge in [-0.1, -0.05) is 12.1 Å². The quantitative estimate of drug-likeness (QED) is 0.743. The molecule has 0 radical (unpaired) electrons. The number of hydrogen-bond donors (Lipinski definition) is 1. The number of para-hydroxylation sites is 2. The fourth-order valence-electron chi connectivity index (χ4n) is 2.42. The third-order valence-corrected chi connectivity index (χ3v) is 4.66. The second kappa shape index (κ2) is 7.35. The van der Waals surface area contributed by atoms with Gasteiger partial charge in [0.1, 0.15) is 5.69 Å². The van der Waals surface area contributed by atoms with Gasteiger partial charge in [-0.05, 0) is 12.1 Å².